The van der Waals surface area contributed by atoms with Gasteiger partial charge in [0, 0.05) is 22.0 Å². The molecule has 0 bridgehead atoms. The molecule has 1 atom stereocenters. The van der Waals surface area contributed by atoms with Crippen molar-refractivity contribution in [3.63, 3.8) is 0 Å². The van der Waals surface area contributed by atoms with Crippen molar-refractivity contribution in [2.75, 3.05) is 10.7 Å². The predicted octanol–water partition coefficient (Wildman–Crippen LogP) is 4.56. The second-order valence-electron chi connectivity index (χ2n) is 7.35. The SMILES string of the molecule is Cc1nc(SCC(=O)N2c3ccccc3CC2C)c2c3c(sc2n1)CCC3. The predicted molar refractivity (Wildman–Crippen MR) is 112 cm³/mol. The van der Waals surface area contributed by atoms with Crippen LogP contribution in [0.15, 0.2) is 29.3 Å². The van der Waals surface area contributed by atoms with E-state index in [0.717, 1.165) is 40.6 Å². The second-order valence-corrected chi connectivity index (χ2v) is 9.40. The smallest absolute Gasteiger partial charge is 0.237 e. The highest BCUT2D eigenvalue weighted by molar-refractivity contribution is 8.00. The van der Waals surface area contributed by atoms with Gasteiger partial charge in [0.1, 0.15) is 15.7 Å². The van der Waals surface area contributed by atoms with Crippen LogP contribution in [-0.4, -0.2) is 27.7 Å². The van der Waals surface area contributed by atoms with E-state index < -0.39 is 0 Å². The third-order valence-corrected chi connectivity index (χ3v) is 7.60. The van der Waals surface area contributed by atoms with Gasteiger partial charge in [-0.1, -0.05) is 30.0 Å². The summed E-state index contributed by atoms with van der Waals surface area (Å²) in [5.74, 6) is 1.36. The van der Waals surface area contributed by atoms with Crippen molar-refractivity contribution in [3.05, 3.63) is 46.1 Å². The lowest BCUT2D eigenvalue weighted by Crippen LogP contribution is -2.37. The summed E-state index contributed by atoms with van der Waals surface area (Å²) in [5.41, 5.74) is 3.75. The first kappa shape index (κ1) is 17.2. The number of benzene rings is 1. The maximum atomic E-state index is 13.0. The van der Waals surface area contributed by atoms with Gasteiger partial charge in [-0.3, -0.25) is 4.79 Å². The van der Waals surface area contributed by atoms with Crippen LogP contribution in [0.5, 0.6) is 0 Å². The summed E-state index contributed by atoms with van der Waals surface area (Å²) in [4.78, 5) is 26.9. The van der Waals surface area contributed by atoms with Crippen molar-refractivity contribution in [1.82, 2.24) is 9.97 Å². The van der Waals surface area contributed by atoms with Crippen LogP contribution in [0, 0.1) is 6.92 Å². The van der Waals surface area contributed by atoms with Crippen LogP contribution in [0.4, 0.5) is 5.69 Å². The number of thioether (sulfide) groups is 1. The average Bonchev–Trinajstić information content (AvgIpc) is 3.30. The molecule has 0 saturated heterocycles. The van der Waals surface area contributed by atoms with Crippen LogP contribution in [0.1, 0.15) is 35.2 Å². The van der Waals surface area contributed by atoms with Crippen molar-refractivity contribution in [3.8, 4) is 0 Å². The first-order valence-corrected chi connectivity index (χ1v) is 11.2. The fourth-order valence-corrected chi connectivity index (χ4v) is 6.65. The minimum atomic E-state index is 0.161. The molecular formula is C21H21N3OS2. The van der Waals surface area contributed by atoms with Crippen LogP contribution in [0.25, 0.3) is 10.2 Å². The Kier molecular flexibility index (Phi) is 4.20. The Morgan fingerprint density at radius 3 is 3.04 bits per heavy atom. The first-order chi connectivity index (χ1) is 13.1. The highest BCUT2D eigenvalue weighted by Gasteiger charge is 2.31. The number of rotatable bonds is 3. The molecule has 2 aliphatic rings. The molecule has 1 aliphatic carbocycles. The molecule has 3 aromatic rings. The number of carbonyl (C=O) groups is 1. The van der Waals surface area contributed by atoms with E-state index in [9.17, 15) is 4.79 Å². The summed E-state index contributed by atoms with van der Waals surface area (Å²) in [6.45, 7) is 4.07. The number of nitrogens with zero attached hydrogens (tertiary/aromatic N) is 3. The van der Waals surface area contributed by atoms with Crippen molar-refractivity contribution < 1.29 is 4.79 Å². The van der Waals surface area contributed by atoms with Gasteiger partial charge in [0.05, 0.1) is 5.75 Å². The highest BCUT2D eigenvalue weighted by atomic mass is 32.2. The monoisotopic (exact) mass is 395 g/mol. The van der Waals surface area contributed by atoms with Gasteiger partial charge in [-0.15, -0.1) is 11.3 Å². The van der Waals surface area contributed by atoms with Gasteiger partial charge < -0.3 is 4.90 Å². The lowest BCUT2D eigenvalue weighted by Gasteiger charge is -2.22. The number of aromatic nitrogens is 2. The molecule has 3 heterocycles. The zero-order valence-corrected chi connectivity index (χ0v) is 17.1. The van der Waals surface area contributed by atoms with Gasteiger partial charge in [-0.05, 0) is 56.7 Å². The molecule has 2 aromatic heterocycles. The summed E-state index contributed by atoms with van der Waals surface area (Å²) in [5, 5.41) is 2.18. The number of carbonyl (C=O) groups excluding carboxylic acids is 1. The highest BCUT2D eigenvalue weighted by Crippen LogP contribution is 2.41. The lowest BCUT2D eigenvalue weighted by molar-refractivity contribution is -0.116. The molecule has 0 saturated carbocycles. The van der Waals surface area contributed by atoms with E-state index in [2.05, 4.69) is 24.0 Å². The Balaban J connectivity index is 1.43. The summed E-state index contributed by atoms with van der Waals surface area (Å²) in [6, 6.07) is 8.45. The van der Waals surface area contributed by atoms with Crippen molar-refractivity contribution in [2.45, 2.75) is 50.6 Å². The van der Waals surface area contributed by atoms with Crippen LogP contribution >= 0.6 is 23.1 Å². The minimum absolute atomic E-state index is 0.161. The third kappa shape index (κ3) is 2.86. The molecule has 138 valence electrons. The molecule has 5 rings (SSSR count). The standard InChI is InChI=1S/C21H21N3OS2/c1-12-10-14-6-3-4-8-16(14)24(12)18(25)11-26-20-19-15-7-5-9-17(15)27-21(19)23-13(2)22-20/h3-4,6,8,12H,5,7,9-11H2,1-2H3. The van der Waals surface area contributed by atoms with E-state index in [0.29, 0.717) is 5.75 Å². The van der Waals surface area contributed by atoms with E-state index in [1.54, 1.807) is 23.1 Å². The number of thiophene rings is 1. The Morgan fingerprint density at radius 1 is 1.30 bits per heavy atom. The number of para-hydroxylation sites is 1. The van der Waals surface area contributed by atoms with Gasteiger partial charge in [-0.2, -0.15) is 0 Å². The number of hydrogen-bond donors (Lipinski definition) is 0. The Hall–Kier alpha value is -1.92. The molecular weight excluding hydrogens is 374 g/mol. The van der Waals surface area contributed by atoms with Crippen molar-refractivity contribution in [1.29, 1.82) is 0 Å². The molecule has 0 N–H and O–H groups in total. The second kappa shape index (κ2) is 6.60. The topological polar surface area (TPSA) is 46.1 Å². The van der Waals surface area contributed by atoms with Crippen LogP contribution in [-0.2, 0) is 24.1 Å². The van der Waals surface area contributed by atoms with Gasteiger partial charge in [0.25, 0.3) is 0 Å². The number of amides is 1. The zero-order chi connectivity index (χ0) is 18.5. The normalized spacial score (nSPS) is 18.1. The fourth-order valence-electron chi connectivity index (χ4n) is 4.31. The van der Waals surface area contributed by atoms with Crippen LogP contribution in [0.3, 0.4) is 0 Å². The van der Waals surface area contributed by atoms with Gasteiger partial charge in [-0.25, -0.2) is 9.97 Å². The molecule has 4 nitrogen and oxygen atoms in total. The Morgan fingerprint density at radius 2 is 2.15 bits per heavy atom. The molecule has 6 heteroatoms. The minimum Gasteiger partial charge on any atom is -0.308 e. The van der Waals surface area contributed by atoms with E-state index in [1.165, 1.54) is 27.8 Å². The average molecular weight is 396 g/mol. The summed E-state index contributed by atoms with van der Waals surface area (Å²) in [6.07, 6.45) is 4.41. The molecule has 0 radical (unpaired) electrons. The van der Waals surface area contributed by atoms with Gasteiger partial charge >= 0.3 is 0 Å². The molecule has 1 aromatic carbocycles. The zero-order valence-electron chi connectivity index (χ0n) is 15.5. The molecule has 1 aliphatic heterocycles. The fraction of sp³-hybridized carbons (Fsp3) is 0.381. The van der Waals surface area contributed by atoms with Crippen molar-refractivity contribution in [2.24, 2.45) is 0 Å². The number of hydrogen-bond acceptors (Lipinski definition) is 5. The number of aryl methyl sites for hydroxylation is 3. The van der Waals surface area contributed by atoms with E-state index in [-0.39, 0.29) is 11.9 Å². The quantitative estimate of drug-likeness (QED) is 0.482. The van der Waals surface area contributed by atoms with Crippen LogP contribution in [0.2, 0.25) is 0 Å². The molecule has 0 spiro atoms. The summed E-state index contributed by atoms with van der Waals surface area (Å²) in [7, 11) is 0. The summed E-state index contributed by atoms with van der Waals surface area (Å²) < 4.78 is 0. The number of fused-ring (bicyclic) bond motifs is 4. The van der Waals surface area contributed by atoms with Crippen molar-refractivity contribution >= 4 is 44.9 Å². The summed E-state index contributed by atoms with van der Waals surface area (Å²) >= 11 is 3.38. The van der Waals surface area contributed by atoms with Gasteiger partial charge in [0.2, 0.25) is 5.91 Å². The Labute approximate surface area is 167 Å². The van der Waals surface area contributed by atoms with E-state index in [4.69, 9.17) is 4.98 Å². The molecule has 0 fully saturated rings. The molecule has 1 amide bonds. The molecule has 27 heavy (non-hydrogen) atoms. The maximum Gasteiger partial charge on any atom is 0.237 e. The Bertz CT molecular complexity index is 1060. The van der Waals surface area contributed by atoms with Gasteiger partial charge in [0.15, 0.2) is 0 Å². The van der Waals surface area contributed by atoms with E-state index in [1.807, 2.05) is 24.0 Å². The third-order valence-electron chi connectivity index (χ3n) is 5.45. The first-order valence-electron chi connectivity index (χ1n) is 9.43. The maximum absolute atomic E-state index is 13.0. The molecule has 1 unspecified atom stereocenters. The lowest BCUT2D eigenvalue weighted by atomic mass is 10.1. The largest absolute Gasteiger partial charge is 0.308 e. The number of anilines is 1. The van der Waals surface area contributed by atoms with E-state index >= 15 is 0 Å². The van der Waals surface area contributed by atoms with Crippen LogP contribution < -0.4 is 4.90 Å².